The van der Waals surface area contributed by atoms with Gasteiger partial charge >= 0.3 is 0 Å². The molecule has 0 aliphatic heterocycles. The number of aliphatic imine (C=N–C) groups is 2. The lowest BCUT2D eigenvalue weighted by Gasteiger charge is -2.17. The highest BCUT2D eigenvalue weighted by atomic mass is 14.9. The van der Waals surface area contributed by atoms with Crippen LogP contribution in [0.5, 0.6) is 0 Å². The van der Waals surface area contributed by atoms with E-state index in [1.54, 1.807) is 0 Å². The maximum atomic E-state index is 5.13. The molecule has 2 aliphatic rings. The maximum Gasteiger partial charge on any atom is 0.0864 e. The van der Waals surface area contributed by atoms with Crippen LogP contribution in [0.25, 0.3) is 11.1 Å². The molecule has 202 valence electrons. The summed E-state index contributed by atoms with van der Waals surface area (Å²) in [7, 11) is 0. The molecular weight excluding hydrogens is 488 g/mol. The first-order valence-electron chi connectivity index (χ1n) is 14.9. The molecule has 0 saturated heterocycles. The molecule has 0 heterocycles. The Hall–Kier alpha value is -4.18. The summed E-state index contributed by atoms with van der Waals surface area (Å²) >= 11 is 0. The second kappa shape index (κ2) is 12.8. The minimum Gasteiger partial charge on any atom is -0.354 e. The largest absolute Gasteiger partial charge is 0.354 e. The average Bonchev–Trinajstić information content (AvgIpc) is 3.01. The number of hydrogen-bond acceptors (Lipinski definition) is 4. The van der Waals surface area contributed by atoms with Crippen molar-refractivity contribution in [2.75, 3.05) is 10.6 Å². The van der Waals surface area contributed by atoms with Gasteiger partial charge in [-0.3, -0.25) is 9.98 Å². The number of anilines is 4. The van der Waals surface area contributed by atoms with Crippen LogP contribution in [0.1, 0.15) is 64.2 Å². The first-order valence-corrected chi connectivity index (χ1v) is 14.9. The van der Waals surface area contributed by atoms with Crippen LogP contribution in [0.4, 0.5) is 34.1 Å². The summed E-state index contributed by atoms with van der Waals surface area (Å²) in [5.41, 5.74) is 11.1. The summed E-state index contributed by atoms with van der Waals surface area (Å²) in [6.07, 6.45) is 12.0. The van der Waals surface area contributed by atoms with Crippen molar-refractivity contribution in [2.45, 2.75) is 64.2 Å². The fourth-order valence-corrected chi connectivity index (χ4v) is 5.66. The first-order chi connectivity index (χ1) is 19.8. The van der Waals surface area contributed by atoms with Gasteiger partial charge in [-0.05, 0) is 111 Å². The quantitative estimate of drug-likeness (QED) is 0.252. The van der Waals surface area contributed by atoms with Gasteiger partial charge in [0.25, 0.3) is 0 Å². The van der Waals surface area contributed by atoms with E-state index in [0.717, 1.165) is 70.9 Å². The molecule has 0 spiro atoms. The van der Waals surface area contributed by atoms with Gasteiger partial charge in [-0.1, -0.05) is 61.4 Å². The molecular formula is C36H38N4. The predicted octanol–water partition coefficient (Wildman–Crippen LogP) is 10.9. The van der Waals surface area contributed by atoms with Gasteiger partial charge in [0.05, 0.1) is 22.7 Å². The van der Waals surface area contributed by atoms with E-state index in [4.69, 9.17) is 9.98 Å². The van der Waals surface area contributed by atoms with E-state index in [0.29, 0.717) is 0 Å². The van der Waals surface area contributed by atoms with Crippen molar-refractivity contribution in [1.82, 2.24) is 0 Å². The highest BCUT2D eigenvalue weighted by Gasteiger charge is 2.13. The molecule has 0 unspecified atom stereocenters. The summed E-state index contributed by atoms with van der Waals surface area (Å²) in [5, 5.41) is 7.30. The van der Waals surface area contributed by atoms with Crippen LogP contribution >= 0.6 is 0 Å². The summed E-state index contributed by atoms with van der Waals surface area (Å²) < 4.78 is 0. The zero-order chi connectivity index (χ0) is 27.0. The molecule has 4 nitrogen and oxygen atoms in total. The monoisotopic (exact) mass is 526 g/mol. The topological polar surface area (TPSA) is 48.8 Å². The molecule has 2 N–H and O–H groups in total. The first kappa shape index (κ1) is 26.1. The Kier molecular flexibility index (Phi) is 8.33. The van der Waals surface area contributed by atoms with E-state index >= 15 is 0 Å². The van der Waals surface area contributed by atoms with Crippen molar-refractivity contribution in [1.29, 1.82) is 0 Å². The predicted molar refractivity (Wildman–Crippen MR) is 172 cm³/mol. The van der Waals surface area contributed by atoms with E-state index in [-0.39, 0.29) is 0 Å². The molecule has 0 amide bonds. The van der Waals surface area contributed by atoms with Gasteiger partial charge in [0.2, 0.25) is 0 Å². The van der Waals surface area contributed by atoms with Crippen LogP contribution in [0.15, 0.2) is 107 Å². The van der Waals surface area contributed by atoms with E-state index in [1.807, 2.05) is 12.1 Å². The van der Waals surface area contributed by atoms with E-state index in [1.165, 1.54) is 49.9 Å². The second-order valence-electron chi connectivity index (χ2n) is 10.9. The van der Waals surface area contributed by atoms with Crippen molar-refractivity contribution >= 4 is 45.5 Å². The molecule has 2 fully saturated rings. The van der Waals surface area contributed by atoms with Crippen LogP contribution in [-0.2, 0) is 0 Å². The van der Waals surface area contributed by atoms with Crippen molar-refractivity contribution in [3.05, 3.63) is 97.1 Å². The summed E-state index contributed by atoms with van der Waals surface area (Å²) in [5.74, 6) is 0. The molecule has 6 rings (SSSR count). The Balaban J connectivity index is 1.38. The maximum absolute atomic E-state index is 5.13. The Labute approximate surface area is 238 Å². The van der Waals surface area contributed by atoms with Crippen molar-refractivity contribution < 1.29 is 0 Å². The number of rotatable bonds is 7. The van der Waals surface area contributed by atoms with Crippen molar-refractivity contribution in [3.63, 3.8) is 0 Å². The van der Waals surface area contributed by atoms with Gasteiger partial charge in [0, 0.05) is 22.8 Å². The Morgan fingerprint density at radius 2 is 0.825 bits per heavy atom. The average molecular weight is 527 g/mol. The van der Waals surface area contributed by atoms with Gasteiger partial charge in [0.15, 0.2) is 0 Å². The zero-order valence-corrected chi connectivity index (χ0v) is 23.2. The molecule has 4 aromatic carbocycles. The van der Waals surface area contributed by atoms with E-state index in [2.05, 4.69) is 95.6 Å². The summed E-state index contributed by atoms with van der Waals surface area (Å²) in [6, 6.07) is 34.0. The van der Waals surface area contributed by atoms with Crippen LogP contribution in [-0.4, -0.2) is 11.4 Å². The molecule has 40 heavy (non-hydrogen) atoms. The molecule has 4 heteroatoms. The Morgan fingerprint density at radius 1 is 0.425 bits per heavy atom. The van der Waals surface area contributed by atoms with Crippen LogP contribution in [0.2, 0.25) is 0 Å². The van der Waals surface area contributed by atoms with Gasteiger partial charge in [-0.25, -0.2) is 0 Å². The number of para-hydroxylation sites is 2. The smallest absolute Gasteiger partial charge is 0.0864 e. The fraction of sp³-hybridized carbons (Fsp3) is 0.278. The number of nitrogens with zero attached hydrogens (tertiary/aromatic N) is 2. The summed E-state index contributed by atoms with van der Waals surface area (Å²) in [4.78, 5) is 10.3. The minimum absolute atomic E-state index is 1.01. The third-order valence-corrected chi connectivity index (χ3v) is 7.85. The molecule has 0 aromatic heterocycles. The normalized spacial score (nSPS) is 15.4. The SMILES string of the molecule is c1ccc(Nc2cc(-c3ccc(N=C4CCCCC4)c(Nc4ccccc4)c3)ccc2N=C2CCCCC2)cc1. The van der Waals surface area contributed by atoms with Crippen LogP contribution in [0.3, 0.4) is 0 Å². The van der Waals surface area contributed by atoms with Crippen LogP contribution < -0.4 is 10.6 Å². The summed E-state index contributed by atoms with van der Waals surface area (Å²) in [6.45, 7) is 0. The highest BCUT2D eigenvalue weighted by molar-refractivity contribution is 5.92. The van der Waals surface area contributed by atoms with Crippen molar-refractivity contribution in [3.8, 4) is 11.1 Å². The number of nitrogens with one attached hydrogen (secondary N) is 2. The standard InChI is InChI=1S/C36H38N4/c1-5-13-29(14-6-1)37-33-23-21-27(25-35(33)39-31-17-9-3-10-18-31)28-22-24-34(38-30-15-7-2-8-16-30)36(26-28)40-32-19-11-4-12-20-32/h3-4,9-12,17-26,39-40H,1-2,5-8,13-16H2. The van der Waals surface area contributed by atoms with Gasteiger partial charge in [-0.2, -0.15) is 0 Å². The van der Waals surface area contributed by atoms with Crippen LogP contribution in [0, 0.1) is 0 Å². The third kappa shape index (κ3) is 6.69. The molecule has 0 bridgehead atoms. The number of hydrogen-bond donors (Lipinski definition) is 2. The molecule has 4 aromatic rings. The van der Waals surface area contributed by atoms with Gasteiger partial charge < -0.3 is 10.6 Å². The molecule has 0 atom stereocenters. The van der Waals surface area contributed by atoms with Gasteiger partial charge in [0.1, 0.15) is 0 Å². The Morgan fingerprint density at radius 3 is 1.23 bits per heavy atom. The zero-order valence-electron chi connectivity index (χ0n) is 23.2. The Bertz CT molecular complexity index is 1360. The third-order valence-electron chi connectivity index (χ3n) is 7.85. The lowest BCUT2D eigenvalue weighted by atomic mass is 9.98. The van der Waals surface area contributed by atoms with E-state index in [9.17, 15) is 0 Å². The van der Waals surface area contributed by atoms with Crippen molar-refractivity contribution in [2.24, 2.45) is 9.98 Å². The lowest BCUT2D eigenvalue weighted by Crippen LogP contribution is -2.04. The fourth-order valence-electron chi connectivity index (χ4n) is 5.66. The van der Waals surface area contributed by atoms with E-state index < -0.39 is 0 Å². The minimum atomic E-state index is 1.01. The molecule has 2 aliphatic carbocycles. The molecule has 0 radical (unpaired) electrons. The lowest BCUT2D eigenvalue weighted by molar-refractivity contribution is 0.667. The molecule has 2 saturated carbocycles. The highest BCUT2D eigenvalue weighted by Crippen LogP contribution is 2.38. The number of benzene rings is 4. The second-order valence-corrected chi connectivity index (χ2v) is 10.9. The van der Waals surface area contributed by atoms with Gasteiger partial charge in [-0.15, -0.1) is 0 Å².